The van der Waals surface area contributed by atoms with E-state index in [9.17, 15) is 18.0 Å². The van der Waals surface area contributed by atoms with Crippen LogP contribution in [-0.2, 0) is 9.53 Å². The number of nitrogens with zero attached hydrogens (tertiary/aromatic N) is 1. The van der Waals surface area contributed by atoms with Gasteiger partial charge in [0.25, 0.3) is 0 Å². The number of likely N-dealkylation sites (tertiary alicyclic amines) is 1. The molecule has 21 heavy (non-hydrogen) atoms. The lowest BCUT2D eigenvalue weighted by Gasteiger charge is -2.17. The van der Waals surface area contributed by atoms with Crippen LogP contribution in [0.3, 0.4) is 0 Å². The minimum Gasteiger partial charge on any atom is -0.362 e. The Morgan fingerprint density at radius 1 is 1.29 bits per heavy atom. The molecule has 7 heteroatoms. The summed E-state index contributed by atoms with van der Waals surface area (Å²) in [5.41, 5.74) is 7.05. The Morgan fingerprint density at radius 2 is 1.95 bits per heavy atom. The largest absolute Gasteiger partial charge is 0.411 e. The summed E-state index contributed by atoms with van der Waals surface area (Å²) in [5, 5.41) is 0. The van der Waals surface area contributed by atoms with Gasteiger partial charge in [-0.05, 0) is 5.56 Å². The summed E-state index contributed by atoms with van der Waals surface area (Å²) in [6, 6.07) is 9.30. The minimum absolute atomic E-state index is 0.00207. The van der Waals surface area contributed by atoms with Gasteiger partial charge in [0.15, 0.2) is 0 Å². The summed E-state index contributed by atoms with van der Waals surface area (Å²) in [6.07, 6.45) is -4.42. The Labute approximate surface area is 120 Å². The number of nitrogens with two attached hydrogens (primary N) is 1. The first-order valence-corrected chi connectivity index (χ1v) is 6.59. The quantitative estimate of drug-likeness (QED) is 0.917. The molecule has 0 aliphatic carbocycles. The molecule has 1 aromatic rings. The van der Waals surface area contributed by atoms with Crippen LogP contribution in [0.15, 0.2) is 30.3 Å². The summed E-state index contributed by atoms with van der Waals surface area (Å²) < 4.78 is 40.3. The molecule has 2 N–H and O–H groups in total. The molecule has 0 unspecified atom stereocenters. The second-order valence-electron chi connectivity index (χ2n) is 5.09. The van der Waals surface area contributed by atoms with Crippen LogP contribution >= 0.6 is 0 Å². The van der Waals surface area contributed by atoms with Gasteiger partial charge in [0.2, 0.25) is 5.91 Å². The van der Waals surface area contributed by atoms with E-state index in [1.807, 2.05) is 30.3 Å². The molecule has 0 bridgehead atoms. The summed E-state index contributed by atoms with van der Waals surface area (Å²) in [4.78, 5) is 13.3. The maximum atomic E-state index is 12.0. The highest BCUT2D eigenvalue weighted by Gasteiger charge is 2.34. The first kappa shape index (κ1) is 15.8. The molecular formula is C14H17F3N2O2. The summed E-state index contributed by atoms with van der Waals surface area (Å²) >= 11 is 0. The Kier molecular flexibility index (Phi) is 4.84. The number of benzene rings is 1. The summed E-state index contributed by atoms with van der Waals surface area (Å²) in [6.45, 7) is -1.26. The second-order valence-corrected chi connectivity index (χ2v) is 5.09. The van der Waals surface area contributed by atoms with Crippen LogP contribution in [0.1, 0.15) is 11.5 Å². The first-order valence-electron chi connectivity index (χ1n) is 6.59. The first-order chi connectivity index (χ1) is 9.87. The topological polar surface area (TPSA) is 55.6 Å². The maximum absolute atomic E-state index is 12.0. The SMILES string of the molecule is N[C@@H]1CN(C(=O)COCC(F)(F)F)C[C@H]1c1ccccc1. The van der Waals surface area contributed by atoms with Crippen LogP contribution in [0.25, 0.3) is 0 Å². The Morgan fingerprint density at radius 3 is 2.57 bits per heavy atom. The van der Waals surface area contributed by atoms with Gasteiger partial charge in [-0.3, -0.25) is 4.79 Å². The van der Waals surface area contributed by atoms with Crippen LogP contribution in [0.5, 0.6) is 0 Å². The third-order valence-electron chi connectivity index (χ3n) is 3.44. The van der Waals surface area contributed by atoms with Gasteiger partial charge in [-0.1, -0.05) is 30.3 Å². The number of amides is 1. The Hall–Kier alpha value is -1.60. The van der Waals surface area contributed by atoms with Crippen molar-refractivity contribution in [1.82, 2.24) is 4.90 Å². The van der Waals surface area contributed by atoms with E-state index in [2.05, 4.69) is 4.74 Å². The van der Waals surface area contributed by atoms with E-state index in [0.717, 1.165) is 5.56 Å². The van der Waals surface area contributed by atoms with E-state index in [-0.39, 0.29) is 12.0 Å². The van der Waals surface area contributed by atoms with Crippen molar-refractivity contribution in [2.45, 2.75) is 18.1 Å². The van der Waals surface area contributed by atoms with Crippen LogP contribution < -0.4 is 5.73 Å². The molecule has 1 heterocycles. The molecular weight excluding hydrogens is 285 g/mol. The fourth-order valence-electron chi connectivity index (χ4n) is 2.43. The number of carbonyl (C=O) groups is 1. The highest BCUT2D eigenvalue weighted by molar-refractivity contribution is 5.78. The zero-order chi connectivity index (χ0) is 15.5. The normalized spacial score (nSPS) is 22.6. The zero-order valence-electron chi connectivity index (χ0n) is 11.3. The van der Waals surface area contributed by atoms with Crippen molar-refractivity contribution in [2.75, 3.05) is 26.3 Å². The number of carbonyl (C=O) groups excluding carboxylic acids is 1. The highest BCUT2D eigenvalue weighted by Crippen LogP contribution is 2.26. The summed E-state index contributed by atoms with van der Waals surface area (Å²) in [5.74, 6) is -0.467. The standard InChI is InChI=1S/C14H17F3N2O2/c15-14(16,17)9-21-8-13(20)19-6-11(12(18)7-19)10-4-2-1-3-5-10/h1-5,11-12H,6-9,18H2/t11-,12+/m0/s1. The molecule has 0 aromatic heterocycles. The van der Waals surface area contributed by atoms with Crippen molar-refractivity contribution in [1.29, 1.82) is 0 Å². The van der Waals surface area contributed by atoms with Crippen molar-refractivity contribution < 1.29 is 22.7 Å². The zero-order valence-corrected chi connectivity index (χ0v) is 11.3. The number of ether oxygens (including phenoxy) is 1. The third-order valence-corrected chi connectivity index (χ3v) is 3.44. The summed E-state index contributed by atoms with van der Waals surface area (Å²) in [7, 11) is 0. The lowest BCUT2D eigenvalue weighted by atomic mass is 9.95. The fraction of sp³-hybridized carbons (Fsp3) is 0.500. The number of halogens is 3. The Bertz CT molecular complexity index is 479. The van der Waals surface area contributed by atoms with E-state index in [1.54, 1.807) is 0 Å². The minimum atomic E-state index is -4.42. The number of rotatable bonds is 4. The van der Waals surface area contributed by atoms with Crippen LogP contribution in [0, 0.1) is 0 Å². The van der Waals surface area contributed by atoms with E-state index in [0.29, 0.717) is 13.1 Å². The van der Waals surface area contributed by atoms with Gasteiger partial charge in [0.05, 0.1) is 0 Å². The van der Waals surface area contributed by atoms with Crippen molar-refractivity contribution in [3.05, 3.63) is 35.9 Å². The van der Waals surface area contributed by atoms with Crippen molar-refractivity contribution in [3.63, 3.8) is 0 Å². The predicted molar refractivity (Wildman–Crippen MR) is 70.6 cm³/mol. The van der Waals surface area contributed by atoms with Gasteiger partial charge >= 0.3 is 6.18 Å². The van der Waals surface area contributed by atoms with Gasteiger partial charge in [-0.2, -0.15) is 13.2 Å². The molecule has 1 saturated heterocycles. The van der Waals surface area contributed by atoms with Gasteiger partial charge in [0.1, 0.15) is 13.2 Å². The van der Waals surface area contributed by atoms with E-state index >= 15 is 0 Å². The molecule has 1 aliphatic rings. The average molecular weight is 302 g/mol. The van der Waals surface area contributed by atoms with Crippen LogP contribution in [0.2, 0.25) is 0 Å². The molecule has 2 rings (SSSR count). The predicted octanol–water partition coefficient (Wildman–Crippen LogP) is 1.52. The average Bonchev–Trinajstić information content (AvgIpc) is 2.80. The highest BCUT2D eigenvalue weighted by atomic mass is 19.4. The van der Waals surface area contributed by atoms with E-state index in [4.69, 9.17) is 5.73 Å². The second kappa shape index (κ2) is 6.44. The number of hydrogen-bond acceptors (Lipinski definition) is 3. The molecule has 1 fully saturated rings. The van der Waals surface area contributed by atoms with Gasteiger partial charge in [0, 0.05) is 25.0 Å². The molecule has 1 amide bonds. The van der Waals surface area contributed by atoms with Gasteiger partial charge < -0.3 is 15.4 Å². The molecule has 116 valence electrons. The fourth-order valence-corrected chi connectivity index (χ4v) is 2.43. The molecule has 0 spiro atoms. The molecule has 0 saturated carbocycles. The van der Waals surface area contributed by atoms with E-state index < -0.39 is 25.3 Å². The monoisotopic (exact) mass is 302 g/mol. The number of hydrogen-bond donors (Lipinski definition) is 1. The third kappa shape index (κ3) is 4.44. The van der Waals surface area contributed by atoms with Crippen molar-refractivity contribution in [2.24, 2.45) is 5.73 Å². The van der Waals surface area contributed by atoms with Crippen LogP contribution in [-0.4, -0.2) is 49.3 Å². The number of alkyl halides is 3. The van der Waals surface area contributed by atoms with Gasteiger partial charge in [-0.15, -0.1) is 0 Å². The molecule has 1 aliphatic heterocycles. The van der Waals surface area contributed by atoms with E-state index in [1.165, 1.54) is 4.90 Å². The molecule has 2 atom stereocenters. The molecule has 0 radical (unpaired) electrons. The van der Waals surface area contributed by atoms with Gasteiger partial charge in [-0.25, -0.2) is 0 Å². The van der Waals surface area contributed by atoms with Crippen LogP contribution in [0.4, 0.5) is 13.2 Å². The smallest absolute Gasteiger partial charge is 0.362 e. The molecule has 1 aromatic carbocycles. The Balaban J connectivity index is 1.87. The lowest BCUT2D eigenvalue weighted by Crippen LogP contribution is -2.35. The lowest BCUT2D eigenvalue weighted by molar-refractivity contribution is -0.177. The van der Waals surface area contributed by atoms with Crippen molar-refractivity contribution in [3.8, 4) is 0 Å². The van der Waals surface area contributed by atoms with Crippen molar-refractivity contribution >= 4 is 5.91 Å². The molecule has 4 nitrogen and oxygen atoms in total. The maximum Gasteiger partial charge on any atom is 0.411 e.